The maximum Gasteiger partial charge on any atom is 0.187 e. The van der Waals surface area contributed by atoms with Crippen molar-refractivity contribution in [2.75, 3.05) is 0 Å². The van der Waals surface area contributed by atoms with E-state index < -0.39 is 0 Å². The first kappa shape index (κ1) is 33.6. The molecule has 0 unspecified atom stereocenters. The van der Waals surface area contributed by atoms with Crippen LogP contribution in [0.15, 0.2) is 188 Å². The molecule has 0 saturated carbocycles. The normalized spacial score (nSPS) is 11.4. The van der Waals surface area contributed by atoms with Crippen LogP contribution in [0.5, 0.6) is 0 Å². The average Bonchev–Trinajstić information content (AvgIpc) is 3.85. The lowest BCUT2D eigenvalue weighted by Gasteiger charge is -2.16. The van der Waals surface area contributed by atoms with E-state index in [1.54, 1.807) is 0 Å². The number of hydrogen-bond acceptors (Lipinski definition) is 4. The molecule has 8 aromatic carbocycles. The maximum atomic E-state index is 7.69. The molecule has 5 nitrogen and oxygen atoms in total. The summed E-state index contributed by atoms with van der Waals surface area (Å²) in [6.45, 7) is 7.69. The van der Waals surface area contributed by atoms with Crippen molar-refractivity contribution >= 4 is 59.0 Å². The lowest BCUT2D eigenvalue weighted by molar-refractivity contribution is 1.06. The highest BCUT2D eigenvalue weighted by Crippen LogP contribution is 2.42. The number of benzene rings is 8. The van der Waals surface area contributed by atoms with E-state index in [9.17, 15) is 0 Å². The molecule has 11 aromatic rings. The zero-order valence-electron chi connectivity index (χ0n) is 31.0. The van der Waals surface area contributed by atoms with E-state index in [2.05, 4.69) is 149 Å². The first-order valence-electron chi connectivity index (χ1n) is 19.1. The molecule has 0 N–H and O–H groups in total. The molecule has 0 aliphatic heterocycles. The zero-order valence-corrected chi connectivity index (χ0v) is 31.9. The Hall–Kier alpha value is -7.72. The smallest absolute Gasteiger partial charge is 0.187 e. The van der Waals surface area contributed by atoms with E-state index in [-0.39, 0.29) is 0 Å². The van der Waals surface area contributed by atoms with E-state index in [0.717, 1.165) is 60.9 Å². The molecular weight excluding hydrogens is 727 g/mol. The third kappa shape index (κ3) is 5.64. The molecule has 11 rings (SSSR count). The zero-order chi connectivity index (χ0) is 38.6. The summed E-state index contributed by atoms with van der Waals surface area (Å²) in [6.07, 6.45) is 0. The molecular formula is C52H31N5S. The predicted octanol–water partition coefficient (Wildman–Crippen LogP) is 14.2. The first-order chi connectivity index (χ1) is 28.7. The van der Waals surface area contributed by atoms with Gasteiger partial charge in [-0.05, 0) is 64.7 Å². The van der Waals surface area contributed by atoms with Gasteiger partial charge < -0.3 is 4.57 Å². The van der Waals surface area contributed by atoms with Crippen molar-refractivity contribution < 1.29 is 0 Å². The average molecular weight is 758 g/mol. The molecule has 0 radical (unpaired) electrons. The molecule has 6 heteroatoms. The van der Waals surface area contributed by atoms with Crippen molar-refractivity contribution in [3.8, 4) is 62.1 Å². The summed E-state index contributed by atoms with van der Waals surface area (Å²) in [4.78, 5) is 19.4. The Balaban J connectivity index is 1.15. The van der Waals surface area contributed by atoms with Crippen molar-refractivity contribution in [3.63, 3.8) is 0 Å². The van der Waals surface area contributed by atoms with Crippen molar-refractivity contribution in [1.29, 1.82) is 0 Å². The van der Waals surface area contributed by atoms with Crippen LogP contribution < -0.4 is 0 Å². The summed E-state index contributed by atoms with van der Waals surface area (Å²) in [7, 11) is 0. The molecule has 0 aliphatic rings. The molecule has 270 valence electrons. The topological polar surface area (TPSA) is 48.0 Å². The minimum absolute atomic E-state index is 0.569. The summed E-state index contributed by atoms with van der Waals surface area (Å²) in [6, 6.07) is 65.1. The van der Waals surface area contributed by atoms with E-state index in [0.29, 0.717) is 23.2 Å². The second kappa shape index (κ2) is 13.8. The summed E-state index contributed by atoms with van der Waals surface area (Å²) < 4.78 is 4.86. The van der Waals surface area contributed by atoms with Gasteiger partial charge in [-0.1, -0.05) is 146 Å². The van der Waals surface area contributed by atoms with Crippen LogP contribution in [0.2, 0.25) is 0 Å². The molecule has 0 spiro atoms. The number of para-hydroxylation sites is 2. The highest BCUT2D eigenvalue weighted by Gasteiger charge is 2.21. The van der Waals surface area contributed by atoms with Crippen molar-refractivity contribution in [3.05, 3.63) is 199 Å². The summed E-state index contributed by atoms with van der Waals surface area (Å²) in [5.74, 6) is 1.76. The first-order valence-corrected chi connectivity index (χ1v) is 20.0. The highest BCUT2D eigenvalue weighted by molar-refractivity contribution is 7.26. The van der Waals surface area contributed by atoms with Gasteiger partial charge in [-0.2, -0.15) is 0 Å². The van der Waals surface area contributed by atoms with Gasteiger partial charge in [-0.25, -0.2) is 19.8 Å². The molecule has 0 aliphatic carbocycles. The molecule has 3 heterocycles. The number of hydrogen-bond donors (Lipinski definition) is 0. The molecule has 0 amide bonds. The minimum atomic E-state index is 0.569. The van der Waals surface area contributed by atoms with Crippen molar-refractivity contribution in [2.45, 2.75) is 0 Å². The Morgan fingerprint density at radius 2 is 1.00 bits per heavy atom. The monoisotopic (exact) mass is 757 g/mol. The van der Waals surface area contributed by atoms with Gasteiger partial charge in [0, 0.05) is 47.6 Å². The minimum Gasteiger partial charge on any atom is -0.308 e. The van der Waals surface area contributed by atoms with Crippen LogP contribution in [0.25, 0.3) is 109 Å². The second-order valence-corrected chi connectivity index (χ2v) is 15.3. The summed E-state index contributed by atoms with van der Waals surface area (Å²) in [5, 5.41) is 4.87. The molecule has 0 saturated heterocycles. The van der Waals surface area contributed by atoms with Gasteiger partial charge >= 0.3 is 0 Å². The summed E-state index contributed by atoms with van der Waals surface area (Å²) >= 11 is 1.83. The van der Waals surface area contributed by atoms with Crippen LogP contribution >= 0.6 is 11.3 Å². The Morgan fingerprint density at radius 3 is 1.79 bits per heavy atom. The third-order valence-electron chi connectivity index (χ3n) is 10.9. The Bertz CT molecular complexity index is 3370. The van der Waals surface area contributed by atoms with Gasteiger partial charge in [0.25, 0.3) is 0 Å². The number of aromatic nitrogens is 4. The number of rotatable bonds is 6. The van der Waals surface area contributed by atoms with Crippen molar-refractivity contribution in [2.24, 2.45) is 0 Å². The second-order valence-electron chi connectivity index (χ2n) is 14.3. The summed E-state index contributed by atoms with van der Waals surface area (Å²) in [5.41, 5.74) is 10.6. The number of thiophene rings is 1. The fraction of sp³-hybridized carbons (Fsp3) is 0. The Labute approximate surface area is 338 Å². The highest BCUT2D eigenvalue weighted by atomic mass is 32.1. The van der Waals surface area contributed by atoms with Gasteiger partial charge in [0.1, 0.15) is 0 Å². The van der Waals surface area contributed by atoms with Crippen LogP contribution in [0.4, 0.5) is 5.69 Å². The van der Waals surface area contributed by atoms with Gasteiger partial charge in [0.2, 0.25) is 0 Å². The molecule has 0 fully saturated rings. The van der Waals surface area contributed by atoms with Crippen LogP contribution in [-0.2, 0) is 0 Å². The molecule has 0 atom stereocenters. The third-order valence-corrected chi connectivity index (χ3v) is 12.1. The lowest BCUT2D eigenvalue weighted by Crippen LogP contribution is -2.04. The van der Waals surface area contributed by atoms with Crippen LogP contribution in [0.1, 0.15) is 0 Å². The number of fused-ring (bicyclic) bond motifs is 6. The molecule has 58 heavy (non-hydrogen) atoms. The van der Waals surface area contributed by atoms with Gasteiger partial charge in [0.15, 0.2) is 23.2 Å². The maximum absolute atomic E-state index is 7.69. The molecule has 3 aromatic heterocycles. The van der Waals surface area contributed by atoms with Crippen LogP contribution in [0, 0.1) is 6.57 Å². The Morgan fingerprint density at radius 1 is 0.414 bits per heavy atom. The quantitative estimate of drug-likeness (QED) is 0.159. The number of nitrogens with zero attached hydrogens (tertiary/aromatic N) is 5. The fourth-order valence-electron chi connectivity index (χ4n) is 8.16. The van der Waals surface area contributed by atoms with Crippen molar-refractivity contribution in [1.82, 2.24) is 19.5 Å². The van der Waals surface area contributed by atoms with Crippen LogP contribution in [0.3, 0.4) is 0 Å². The largest absolute Gasteiger partial charge is 0.308 e. The van der Waals surface area contributed by atoms with Gasteiger partial charge in [0.05, 0.1) is 23.3 Å². The standard InChI is InChI=1S/C52H31N5S/c1-53-38-19-12-16-34(31-38)35-28-29-44(47(32-35)57-45-25-8-5-20-40(45)41-21-6-9-26-46(41)57)52-55-50(33-14-3-2-4-15-33)54-51(56-52)37-18-11-17-36(30-37)39-23-13-24-43-42-22-7-10-27-48(42)58-49(39)43/h2-32H. The van der Waals surface area contributed by atoms with Crippen LogP contribution in [-0.4, -0.2) is 19.5 Å². The van der Waals surface area contributed by atoms with Gasteiger partial charge in [-0.3, -0.25) is 0 Å². The van der Waals surface area contributed by atoms with E-state index in [1.165, 1.54) is 25.7 Å². The lowest BCUT2D eigenvalue weighted by atomic mass is 10.00. The van der Waals surface area contributed by atoms with E-state index >= 15 is 0 Å². The molecule has 0 bridgehead atoms. The Kier molecular flexibility index (Phi) is 7.99. The van der Waals surface area contributed by atoms with Gasteiger partial charge in [-0.15, -0.1) is 11.3 Å². The SMILES string of the molecule is [C-]#[N+]c1cccc(-c2ccc(-c3nc(-c4ccccc4)nc(-c4cccc(-c5cccc6c5sc5ccccc56)c4)n3)c(-n3c4ccccc4c4ccccc43)c2)c1. The fourth-order valence-corrected chi connectivity index (χ4v) is 9.40. The van der Waals surface area contributed by atoms with E-state index in [1.807, 2.05) is 59.9 Å². The van der Waals surface area contributed by atoms with E-state index in [4.69, 9.17) is 21.5 Å². The predicted molar refractivity (Wildman–Crippen MR) is 240 cm³/mol.